The van der Waals surface area contributed by atoms with Gasteiger partial charge in [0.1, 0.15) is 5.65 Å². The van der Waals surface area contributed by atoms with Crippen LogP contribution in [0.2, 0.25) is 10.0 Å². The molecule has 0 radical (unpaired) electrons. The van der Waals surface area contributed by atoms with Crippen LogP contribution >= 0.6 is 23.2 Å². The molecule has 8 heteroatoms. The van der Waals surface area contributed by atoms with Crippen molar-refractivity contribution in [1.29, 1.82) is 0 Å². The molecular weight excluding hydrogens is 397 g/mol. The van der Waals surface area contributed by atoms with E-state index >= 15 is 0 Å². The van der Waals surface area contributed by atoms with E-state index in [1.54, 1.807) is 13.2 Å². The van der Waals surface area contributed by atoms with Crippen molar-refractivity contribution >= 4 is 34.8 Å². The van der Waals surface area contributed by atoms with E-state index in [4.69, 9.17) is 32.9 Å². The van der Waals surface area contributed by atoms with Crippen LogP contribution in [0.4, 0.5) is 5.95 Å². The van der Waals surface area contributed by atoms with Crippen LogP contribution in [0, 0.1) is 6.92 Å². The standard InChI is InChI=1S/C20H17Cl2N5O/c1-12-9-18(28-2)26-20(24-12)23-10-16-19(13-3-5-14(21)6-4-13)25-17-8-7-15(22)11-27(16)17/h3-9,11H,10H2,1-2H3,(H,23,24,26). The lowest BCUT2D eigenvalue weighted by Gasteiger charge is -2.09. The second kappa shape index (κ2) is 7.66. The molecular formula is C20H17Cl2N5O. The van der Waals surface area contributed by atoms with Crippen LogP contribution in [0.1, 0.15) is 11.4 Å². The monoisotopic (exact) mass is 413 g/mol. The van der Waals surface area contributed by atoms with Crippen molar-refractivity contribution < 1.29 is 4.74 Å². The van der Waals surface area contributed by atoms with Gasteiger partial charge in [-0.2, -0.15) is 4.98 Å². The average Bonchev–Trinajstić information content (AvgIpc) is 3.04. The number of ether oxygens (including phenoxy) is 1. The number of nitrogens with zero attached hydrogens (tertiary/aromatic N) is 4. The van der Waals surface area contributed by atoms with Gasteiger partial charge in [-0.05, 0) is 31.2 Å². The highest BCUT2D eigenvalue weighted by Crippen LogP contribution is 2.27. The minimum atomic E-state index is 0.450. The van der Waals surface area contributed by atoms with Crippen LogP contribution in [-0.2, 0) is 6.54 Å². The summed E-state index contributed by atoms with van der Waals surface area (Å²) < 4.78 is 7.19. The molecule has 0 saturated heterocycles. The summed E-state index contributed by atoms with van der Waals surface area (Å²) in [6.45, 7) is 2.34. The quantitative estimate of drug-likeness (QED) is 0.497. The van der Waals surface area contributed by atoms with Crippen molar-refractivity contribution in [2.24, 2.45) is 0 Å². The lowest BCUT2D eigenvalue weighted by atomic mass is 10.1. The van der Waals surface area contributed by atoms with Crippen LogP contribution in [0.3, 0.4) is 0 Å². The molecule has 0 saturated carbocycles. The Balaban J connectivity index is 1.76. The number of nitrogens with one attached hydrogen (secondary N) is 1. The first-order valence-corrected chi connectivity index (χ1v) is 9.35. The van der Waals surface area contributed by atoms with Gasteiger partial charge < -0.3 is 14.5 Å². The third kappa shape index (κ3) is 3.74. The molecule has 3 heterocycles. The summed E-state index contributed by atoms with van der Waals surface area (Å²) >= 11 is 12.3. The Kier molecular flexibility index (Phi) is 5.07. The topological polar surface area (TPSA) is 64.3 Å². The number of rotatable bonds is 5. The Morgan fingerprint density at radius 2 is 1.75 bits per heavy atom. The van der Waals surface area contributed by atoms with Crippen molar-refractivity contribution in [3.8, 4) is 17.1 Å². The maximum absolute atomic E-state index is 6.22. The van der Waals surface area contributed by atoms with Gasteiger partial charge in [0.15, 0.2) is 0 Å². The molecule has 6 nitrogen and oxygen atoms in total. The molecule has 0 atom stereocenters. The second-order valence-electron chi connectivity index (χ2n) is 6.22. The zero-order valence-corrected chi connectivity index (χ0v) is 16.8. The van der Waals surface area contributed by atoms with Crippen LogP contribution in [0.15, 0.2) is 48.7 Å². The zero-order chi connectivity index (χ0) is 19.7. The molecule has 0 aliphatic rings. The van der Waals surface area contributed by atoms with Gasteiger partial charge in [-0.15, -0.1) is 0 Å². The van der Waals surface area contributed by atoms with Crippen LogP contribution in [0.25, 0.3) is 16.9 Å². The molecule has 1 aromatic carbocycles. The number of hydrogen-bond donors (Lipinski definition) is 1. The van der Waals surface area contributed by atoms with Gasteiger partial charge >= 0.3 is 0 Å². The predicted molar refractivity (Wildman–Crippen MR) is 111 cm³/mol. The van der Waals surface area contributed by atoms with Crippen LogP contribution < -0.4 is 10.1 Å². The van der Waals surface area contributed by atoms with Gasteiger partial charge in [0.05, 0.1) is 30.1 Å². The summed E-state index contributed by atoms with van der Waals surface area (Å²) in [4.78, 5) is 13.5. The van der Waals surface area contributed by atoms with E-state index in [9.17, 15) is 0 Å². The number of fused-ring (bicyclic) bond motifs is 1. The van der Waals surface area contributed by atoms with Gasteiger partial charge in [0.25, 0.3) is 0 Å². The summed E-state index contributed by atoms with van der Waals surface area (Å²) in [5.74, 6) is 0.991. The van der Waals surface area contributed by atoms with E-state index in [0.717, 1.165) is 28.3 Å². The molecule has 142 valence electrons. The molecule has 0 bridgehead atoms. The first-order valence-electron chi connectivity index (χ1n) is 8.59. The Bertz CT molecular complexity index is 1140. The lowest BCUT2D eigenvalue weighted by molar-refractivity contribution is 0.397. The molecule has 4 aromatic rings. The van der Waals surface area contributed by atoms with E-state index in [1.807, 2.05) is 53.9 Å². The molecule has 1 N–H and O–H groups in total. The fourth-order valence-corrected chi connectivity index (χ4v) is 3.25. The maximum atomic E-state index is 6.22. The average molecular weight is 414 g/mol. The van der Waals surface area contributed by atoms with Crippen molar-refractivity contribution in [3.63, 3.8) is 0 Å². The third-order valence-electron chi connectivity index (χ3n) is 4.25. The van der Waals surface area contributed by atoms with Gasteiger partial charge in [0.2, 0.25) is 11.8 Å². The number of methoxy groups -OCH3 is 1. The van der Waals surface area contributed by atoms with Gasteiger partial charge in [-0.1, -0.05) is 35.3 Å². The summed E-state index contributed by atoms with van der Waals surface area (Å²) in [6, 6.07) is 13.1. The maximum Gasteiger partial charge on any atom is 0.226 e. The predicted octanol–water partition coefficient (Wildman–Crippen LogP) is 5.03. The number of anilines is 1. The first kappa shape index (κ1) is 18.5. The Hall–Kier alpha value is -2.83. The molecule has 3 aromatic heterocycles. The van der Waals surface area contributed by atoms with Crippen LogP contribution in [-0.4, -0.2) is 26.5 Å². The Morgan fingerprint density at radius 1 is 1.00 bits per heavy atom. The normalized spacial score (nSPS) is 11.0. The smallest absolute Gasteiger partial charge is 0.226 e. The molecule has 28 heavy (non-hydrogen) atoms. The molecule has 4 rings (SSSR count). The molecule has 0 aliphatic heterocycles. The number of pyridine rings is 1. The highest BCUT2D eigenvalue weighted by Gasteiger charge is 2.15. The number of imidazole rings is 1. The molecule has 0 fully saturated rings. The van der Waals surface area contributed by atoms with E-state index < -0.39 is 0 Å². The van der Waals surface area contributed by atoms with Gasteiger partial charge in [0, 0.05) is 28.5 Å². The summed E-state index contributed by atoms with van der Waals surface area (Å²) in [5, 5.41) is 4.57. The summed E-state index contributed by atoms with van der Waals surface area (Å²) in [6.07, 6.45) is 1.85. The molecule has 0 unspecified atom stereocenters. The Labute approximate surface area is 172 Å². The number of aromatic nitrogens is 4. The van der Waals surface area contributed by atoms with E-state index in [-0.39, 0.29) is 0 Å². The number of aryl methyl sites for hydroxylation is 1. The summed E-state index contributed by atoms with van der Waals surface area (Å²) in [5.41, 5.74) is 4.35. The second-order valence-corrected chi connectivity index (χ2v) is 7.09. The van der Waals surface area contributed by atoms with Crippen molar-refractivity contribution in [3.05, 3.63) is 70.1 Å². The highest BCUT2D eigenvalue weighted by atomic mass is 35.5. The van der Waals surface area contributed by atoms with E-state index in [0.29, 0.717) is 28.4 Å². The number of benzene rings is 1. The van der Waals surface area contributed by atoms with Gasteiger partial charge in [-0.3, -0.25) is 0 Å². The molecule has 0 spiro atoms. The van der Waals surface area contributed by atoms with Crippen LogP contribution in [0.5, 0.6) is 5.88 Å². The third-order valence-corrected chi connectivity index (χ3v) is 4.73. The largest absolute Gasteiger partial charge is 0.481 e. The number of halogens is 2. The molecule has 0 amide bonds. The Morgan fingerprint density at radius 3 is 2.50 bits per heavy atom. The van der Waals surface area contributed by atoms with Crippen molar-refractivity contribution in [2.75, 3.05) is 12.4 Å². The zero-order valence-electron chi connectivity index (χ0n) is 15.3. The van der Waals surface area contributed by atoms with Crippen molar-refractivity contribution in [2.45, 2.75) is 13.5 Å². The fraction of sp³-hybridized carbons (Fsp3) is 0.150. The van der Waals surface area contributed by atoms with Gasteiger partial charge in [-0.25, -0.2) is 9.97 Å². The number of hydrogen-bond acceptors (Lipinski definition) is 5. The lowest BCUT2D eigenvalue weighted by Crippen LogP contribution is -2.08. The first-order chi connectivity index (χ1) is 13.5. The summed E-state index contributed by atoms with van der Waals surface area (Å²) in [7, 11) is 1.58. The van der Waals surface area contributed by atoms with Crippen molar-refractivity contribution in [1.82, 2.24) is 19.4 Å². The minimum absolute atomic E-state index is 0.450. The SMILES string of the molecule is COc1cc(C)nc(NCc2c(-c3ccc(Cl)cc3)nc3ccc(Cl)cn23)n1. The fourth-order valence-electron chi connectivity index (χ4n) is 2.96. The minimum Gasteiger partial charge on any atom is -0.481 e. The molecule has 0 aliphatic carbocycles. The van der Waals surface area contributed by atoms with E-state index in [2.05, 4.69) is 15.3 Å². The highest BCUT2D eigenvalue weighted by molar-refractivity contribution is 6.30. The van der Waals surface area contributed by atoms with E-state index in [1.165, 1.54) is 0 Å².